The molecule has 3 aromatic carbocycles. The maximum Gasteiger partial charge on any atom is 0.295 e. The van der Waals surface area contributed by atoms with Gasteiger partial charge < -0.3 is 14.7 Å². The number of hydrogen-bond acceptors (Lipinski definition) is 4. The van der Waals surface area contributed by atoms with Crippen molar-refractivity contribution in [2.45, 2.75) is 52.2 Å². The lowest BCUT2D eigenvalue weighted by molar-refractivity contribution is -0.139. The normalized spacial score (nSPS) is 17.6. The largest absolute Gasteiger partial charge is 0.507 e. The number of unbranched alkanes of at least 4 members (excludes halogenated alkanes) is 2. The van der Waals surface area contributed by atoms with E-state index in [2.05, 4.69) is 6.92 Å². The average Bonchev–Trinajstić information content (AvgIpc) is 3.08. The SMILES string of the molecule is CCCCCN1C(=O)C(=O)/C(=C(\O)c2ccc3ccccc3c2)C1c1cccc(OC(C)C)c1. The van der Waals surface area contributed by atoms with Gasteiger partial charge in [-0.1, -0.05) is 68.3 Å². The predicted octanol–water partition coefficient (Wildman–Crippen LogP) is 6.24. The number of nitrogens with zero attached hydrogens (tertiary/aromatic N) is 1. The van der Waals surface area contributed by atoms with Crippen LogP contribution < -0.4 is 4.74 Å². The first-order valence-corrected chi connectivity index (χ1v) is 11.9. The fraction of sp³-hybridized carbons (Fsp3) is 0.310. The van der Waals surface area contributed by atoms with Crippen molar-refractivity contribution in [1.29, 1.82) is 0 Å². The number of fused-ring (bicyclic) bond motifs is 1. The summed E-state index contributed by atoms with van der Waals surface area (Å²) in [6, 6.07) is 20.2. The summed E-state index contributed by atoms with van der Waals surface area (Å²) in [5.74, 6) is -0.708. The third-order valence-corrected chi connectivity index (χ3v) is 6.11. The van der Waals surface area contributed by atoms with Gasteiger partial charge in [0.05, 0.1) is 17.7 Å². The van der Waals surface area contributed by atoms with Crippen molar-refractivity contribution < 1.29 is 19.4 Å². The summed E-state index contributed by atoms with van der Waals surface area (Å²) in [5.41, 5.74) is 1.39. The quantitative estimate of drug-likeness (QED) is 0.188. The third-order valence-electron chi connectivity index (χ3n) is 6.11. The molecule has 1 heterocycles. The topological polar surface area (TPSA) is 66.8 Å². The third kappa shape index (κ3) is 4.69. The molecule has 1 saturated heterocycles. The molecule has 0 spiro atoms. The second-order valence-corrected chi connectivity index (χ2v) is 9.00. The second kappa shape index (κ2) is 10.1. The molecule has 0 aliphatic carbocycles. The van der Waals surface area contributed by atoms with Gasteiger partial charge in [0, 0.05) is 12.1 Å². The van der Waals surface area contributed by atoms with Gasteiger partial charge in [-0.2, -0.15) is 0 Å². The molecular formula is C29H31NO4. The highest BCUT2D eigenvalue weighted by Crippen LogP contribution is 2.40. The first-order valence-electron chi connectivity index (χ1n) is 11.9. The molecule has 0 bridgehead atoms. The smallest absolute Gasteiger partial charge is 0.295 e. The minimum Gasteiger partial charge on any atom is -0.507 e. The fourth-order valence-corrected chi connectivity index (χ4v) is 4.51. The van der Waals surface area contributed by atoms with Gasteiger partial charge in [0.15, 0.2) is 0 Å². The minimum atomic E-state index is -0.668. The number of amides is 1. The van der Waals surface area contributed by atoms with Crippen LogP contribution in [0.5, 0.6) is 5.75 Å². The Morgan fingerprint density at radius 2 is 1.74 bits per heavy atom. The number of ketones is 1. The van der Waals surface area contributed by atoms with Crippen LogP contribution in [0.1, 0.15) is 57.2 Å². The summed E-state index contributed by atoms with van der Waals surface area (Å²) >= 11 is 0. The van der Waals surface area contributed by atoms with Gasteiger partial charge >= 0.3 is 0 Å². The van der Waals surface area contributed by atoms with Crippen LogP contribution in [0.2, 0.25) is 0 Å². The Balaban J connectivity index is 1.84. The van der Waals surface area contributed by atoms with Crippen LogP contribution in [0, 0.1) is 0 Å². The van der Waals surface area contributed by atoms with E-state index in [9.17, 15) is 14.7 Å². The molecule has 1 N–H and O–H groups in total. The van der Waals surface area contributed by atoms with E-state index in [0.29, 0.717) is 17.9 Å². The maximum atomic E-state index is 13.2. The van der Waals surface area contributed by atoms with Crippen LogP contribution >= 0.6 is 0 Å². The van der Waals surface area contributed by atoms with Crippen LogP contribution in [0.4, 0.5) is 0 Å². The summed E-state index contributed by atoms with van der Waals surface area (Å²) in [6.07, 6.45) is 2.74. The highest BCUT2D eigenvalue weighted by atomic mass is 16.5. The number of carbonyl (C=O) groups excluding carboxylic acids is 2. The van der Waals surface area contributed by atoms with Crippen LogP contribution in [0.15, 0.2) is 72.3 Å². The molecule has 34 heavy (non-hydrogen) atoms. The predicted molar refractivity (Wildman–Crippen MR) is 135 cm³/mol. The van der Waals surface area contributed by atoms with Crippen LogP contribution in [0.25, 0.3) is 16.5 Å². The monoisotopic (exact) mass is 457 g/mol. The van der Waals surface area contributed by atoms with Gasteiger partial charge in [-0.05, 0) is 54.8 Å². The van der Waals surface area contributed by atoms with Gasteiger partial charge in [0.2, 0.25) is 0 Å². The molecule has 1 fully saturated rings. The second-order valence-electron chi connectivity index (χ2n) is 9.00. The molecule has 0 saturated carbocycles. The van der Waals surface area contributed by atoms with E-state index in [-0.39, 0.29) is 17.4 Å². The zero-order valence-corrected chi connectivity index (χ0v) is 20.0. The summed E-state index contributed by atoms with van der Waals surface area (Å²) in [5, 5.41) is 13.3. The molecular weight excluding hydrogens is 426 g/mol. The highest BCUT2D eigenvalue weighted by molar-refractivity contribution is 6.46. The first kappa shape index (κ1) is 23.6. The van der Waals surface area contributed by atoms with Crippen molar-refractivity contribution in [3.63, 3.8) is 0 Å². The number of aliphatic hydroxyl groups excluding tert-OH is 1. The van der Waals surface area contributed by atoms with Crippen LogP contribution in [-0.4, -0.2) is 34.3 Å². The number of ether oxygens (including phenoxy) is 1. The average molecular weight is 458 g/mol. The maximum absolute atomic E-state index is 13.2. The molecule has 3 aromatic rings. The lowest BCUT2D eigenvalue weighted by Crippen LogP contribution is -2.30. The Morgan fingerprint density at radius 1 is 0.971 bits per heavy atom. The Kier molecular flexibility index (Phi) is 7.01. The van der Waals surface area contributed by atoms with E-state index in [1.807, 2.05) is 74.5 Å². The fourth-order valence-electron chi connectivity index (χ4n) is 4.51. The summed E-state index contributed by atoms with van der Waals surface area (Å²) in [4.78, 5) is 27.9. The molecule has 5 nitrogen and oxygen atoms in total. The standard InChI is InChI=1S/C29H31NO4/c1-4-5-8-16-30-26(22-12-9-13-24(18-22)34-19(2)3)25(28(32)29(30)33)27(31)23-15-14-20-10-6-7-11-21(20)17-23/h6-7,9-15,17-19,26,31H,4-5,8,16H2,1-3H3/b27-25-. The summed E-state index contributed by atoms with van der Waals surface area (Å²) in [6.45, 7) is 6.44. The van der Waals surface area contributed by atoms with E-state index < -0.39 is 17.7 Å². The van der Waals surface area contributed by atoms with Gasteiger partial charge in [-0.3, -0.25) is 9.59 Å². The zero-order chi connectivity index (χ0) is 24.2. The molecule has 1 unspecified atom stereocenters. The lowest BCUT2D eigenvalue weighted by atomic mass is 9.94. The molecule has 0 aromatic heterocycles. The number of aliphatic hydroxyl groups is 1. The van der Waals surface area contributed by atoms with Crippen molar-refractivity contribution in [1.82, 2.24) is 4.90 Å². The van der Waals surface area contributed by atoms with E-state index in [1.165, 1.54) is 0 Å². The first-order chi connectivity index (χ1) is 16.4. The number of carbonyl (C=O) groups is 2. The Labute approximate surface area is 200 Å². The molecule has 0 radical (unpaired) electrons. The van der Waals surface area contributed by atoms with E-state index in [1.54, 1.807) is 11.0 Å². The Morgan fingerprint density at radius 3 is 2.47 bits per heavy atom. The van der Waals surface area contributed by atoms with Gasteiger partial charge in [-0.15, -0.1) is 0 Å². The van der Waals surface area contributed by atoms with Crippen molar-refractivity contribution in [2.75, 3.05) is 6.54 Å². The van der Waals surface area contributed by atoms with Crippen LogP contribution in [-0.2, 0) is 9.59 Å². The molecule has 1 atom stereocenters. The van der Waals surface area contributed by atoms with E-state index >= 15 is 0 Å². The highest BCUT2D eigenvalue weighted by Gasteiger charge is 2.45. The molecule has 176 valence electrons. The minimum absolute atomic E-state index is 0.0104. The molecule has 5 heteroatoms. The number of benzene rings is 3. The van der Waals surface area contributed by atoms with Crippen molar-refractivity contribution in [3.05, 3.63) is 83.4 Å². The number of likely N-dealkylation sites (tertiary alicyclic amines) is 1. The van der Waals surface area contributed by atoms with Gasteiger partial charge in [0.1, 0.15) is 11.5 Å². The number of hydrogen-bond donors (Lipinski definition) is 1. The Bertz CT molecular complexity index is 1240. The van der Waals surface area contributed by atoms with Gasteiger partial charge in [-0.25, -0.2) is 0 Å². The molecule has 4 rings (SSSR count). The molecule has 1 aliphatic heterocycles. The Hall–Kier alpha value is -3.60. The van der Waals surface area contributed by atoms with Crippen molar-refractivity contribution in [3.8, 4) is 5.75 Å². The molecule has 1 aliphatic rings. The number of Topliss-reactive ketones (excluding diaryl/α,β-unsaturated/α-hetero) is 1. The lowest BCUT2D eigenvalue weighted by Gasteiger charge is -2.26. The summed E-state index contributed by atoms with van der Waals surface area (Å²) in [7, 11) is 0. The summed E-state index contributed by atoms with van der Waals surface area (Å²) < 4.78 is 5.86. The molecule has 1 amide bonds. The van der Waals surface area contributed by atoms with E-state index in [4.69, 9.17) is 4.74 Å². The number of rotatable bonds is 8. The van der Waals surface area contributed by atoms with Gasteiger partial charge in [0.25, 0.3) is 11.7 Å². The zero-order valence-electron chi connectivity index (χ0n) is 20.0. The van der Waals surface area contributed by atoms with Crippen molar-refractivity contribution in [2.24, 2.45) is 0 Å². The van der Waals surface area contributed by atoms with Crippen LogP contribution in [0.3, 0.4) is 0 Å². The van der Waals surface area contributed by atoms with Crippen molar-refractivity contribution >= 4 is 28.2 Å². The van der Waals surface area contributed by atoms with E-state index in [0.717, 1.165) is 35.6 Å².